The molecule has 0 spiro atoms. The molecule has 2 aromatic carbocycles. The largest absolute Gasteiger partial charge is 0.430 e. The van der Waals surface area contributed by atoms with E-state index < -0.39 is 0 Å². The molecule has 4 rings (SSSR count). The Morgan fingerprint density at radius 2 is 1.75 bits per heavy atom. The molecule has 2 aromatic heterocycles. The van der Waals surface area contributed by atoms with Crippen LogP contribution < -0.4 is 10.5 Å². The van der Waals surface area contributed by atoms with Gasteiger partial charge in [-0.05, 0) is 36.4 Å². The minimum Gasteiger partial charge on any atom is -0.430 e. The van der Waals surface area contributed by atoms with Crippen LogP contribution in [0.15, 0.2) is 42.5 Å². The van der Waals surface area contributed by atoms with Crippen LogP contribution in [-0.2, 0) is 6.54 Å². The maximum atomic E-state index is 6.11. The van der Waals surface area contributed by atoms with Crippen LogP contribution in [0.2, 0.25) is 10.0 Å². The van der Waals surface area contributed by atoms with Crippen molar-refractivity contribution >= 4 is 55.7 Å². The molecular weight excluding hydrogens is 365 g/mol. The highest BCUT2D eigenvalue weighted by Gasteiger charge is 2.12. The Bertz CT molecular complexity index is 1060. The Morgan fingerprint density at radius 1 is 0.958 bits per heavy atom. The van der Waals surface area contributed by atoms with Crippen molar-refractivity contribution in [2.45, 2.75) is 6.54 Å². The first-order chi connectivity index (χ1) is 11.6. The molecule has 0 unspecified atom stereocenters. The van der Waals surface area contributed by atoms with Crippen molar-refractivity contribution in [2.24, 2.45) is 5.73 Å². The van der Waals surface area contributed by atoms with Crippen molar-refractivity contribution in [3.63, 3.8) is 0 Å². The van der Waals surface area contributed by atoms with Gasteiger partial charge in [-0.25, -0.2) is 4.98 Å². The molecule has 0 aliphatic heterocycles. The molecule has 0 atom stereocenters. The molecule has 0 saturated heterocycles. The van der Waals surface area contributed by atoms with Gasteiger partial charge in [0.2, 0.25) is 0 Å². The third-order valence-electron chi connectivity index (χ3n) is 3.52. The summed E-state index contributed by atoms with van der Waals surface area (Å²) in [6.07, 6.45) is 0. The highest BCUT2D eigenvalue weighted by Crippen LogP contribution is 2.36. The highest BCUT2D eigenvalue weighted by molar-refractivity contribution is 7.20. The van der Waals surface area contributed by atoms with Crippen LogP contribution in [0.4, 0.5) is 0 Å². The Labute approximate surface area is 151 Å². The lowest BCUT2D eigenvalue weighted by Gasteiger charge is -2.08. The normalized spacial score (nSPS) is 11.3. The van der Waals surface area contributed by atoms with Gasteiger partial charge in [0.1, 0.15) is 5.75 Å². The smallest absolute Gasteiger partial charge is 0.279 e. The summed E-state index contributed by atoms with van der Waals surface area (Å²) in [5.74, 6) is 0.633. The molecular formula is C17H11Cl2N3OS. The summed E-state index contributed by atoms with van der Waals surface area (Å²) in [7, 11) is 0. The number of hydrogen-bond acceptors (Lipinski definition) is 5. The zero-order chi connectivity index (χ0) is 16.7. The molecule has 7 heteroatoms. The molecule has 0 aliphatic rings. The SMILES string of the molecule is NCc1cc(Oc2nc3cc(Cl)ccc3s2)c2cc(Cl)ccc2n1. The van der Waals surface area contributed by atoms with Crippen LogP contribution in [0, 0.1) is 0 Å². The molecule has 4 nitrogen and oxygen atoms in total. The third-order valence-corrected chi connectivity index (χ3v) is 4.91. The van der Waals surface area contributed by atoms with E-state index in [2.05, 4.69) is 9.97 Å². The van der Waals surface area contributed by atoms with Crippen LogP contribution >= 0.6 is 34.5 Å². The molecule has 2 N–H and O–H groups in total. The second-order valence-corrected chi connectivity index (χ2v) is 7.04. The van der Waals surface area contributed by atoms with E-state index in [0.717, 1.165) is 26.8 Å². The van der Waals surface area contributed by atoms with Crippen molar-refractivity contribution in [3.05, 3.63) is 58.2 Å². The summed E-state index contributed by atoms with van der Waals surface area (Å²) < 4.78 is 7.03. The summed E-state index contributed by atoms with van der Waals surface area (Å²) in [6.45, 7) is 0.324. The van der Waals surface area contributed by atoms with Gasteiger partial charge < -0.3 is 10.5 Å². The van der Waals surface area contributed by atoms with Gasteiger partial charge in [-0.1, -0.05) is 34.5 Å². The second-order valence-electron chi connectivity index (χ2n) is 5.17. The van der Waals surface area contributed by atoms with Gasteiger partial charge in [-0.15, -0.1) is 0 Å². The second kappa shape index (κ2) is 6.18. The van der Waals surface area contributed by atoms with E-state index in [-0.39, 0.29) is 0 Å². The van der Waals surface area contributed by atoms with Gasteiger partial charge in [0.05, 0.1) is 21.4 Å². The van der Waals surface area contributed by atoms with Gasteiger partial charge in [-0.3, -0.25) is 4.98 Å². The molecule has 0 amide bonds. The molecule has 0 aliphatic carbocycles. The van der Waals surface area contributed by atoms with E-state index in [1.54, 1.807) is 6.07 Å². The lowest BCUT2D eigenvalue weighted by Crippen LogP contribution is -2.00. The maximum absolute atomic E-state index is 6.11. The summed E-state index contributed by atoms with van der Waals surface area (Å²) in [5.41, 5.74) is 8.06. The summed E-state index contributed by atoms with van der Waals surface area (Å²) >= 11 is 13.6. The summed E-state index contributed by atoms with van der Waals surface area (Å²) in [6, 6.07) is 12.9. The average molecular weight is 376 g/mol. The van der Waals surface area contributed by atoms with Crippen molar-refractivity contribution in [2.75, 3.05) is 0 Å². The molecule has 4 aromatic rings. The number of ether oxygens (including phenoxy) is 1. The number of thiazole rings is 1. The Kier molecular flexibility index (Phi) is 4.02. The monoisotopic (exact) mass is 375 g/mol. The van der Waals surface area contributed by atoms with E-state index in [0.29, 0.717) is 27.5 Å². The van der Waals surface area contributed by atoms with Crippen molar-refractivity contribution in [1.82, 2.24) is 9.97 Å². The molecule has 0 fully saturated rings. The Morgan fingerprint density at radius 3 is 2.58 bits per heavy atom. The number of nitrogens with zero attached hydrogens (tertiary/aromatic N) is 2. The fraction of sp³-hybridized carbons (Fsp3) is 0.0588. The minimum atomic E-state index is 0.324. The number of halogens is 2. The topological polar surface area (TPSA) is 61.0 Å². The zero-order valence-corrected chi connectivity index (χ0v) is 14.6. The van der Waals surface area contributed by atoms with Gasteiger partial charge >= 0.3 is 0 Å². The number of rotatable bonds is 3. The molecule has 0 saturated carbocycles. The molecule has 24 heavy (non-hydrogen) atoms. The molecule has 0 radical (unpaired) electrons. The van der Waals surface area contributed by atoms with Crippen LogP contribution in [0.25, 0.3) is 21.1 Å². The van der Waals surface area contributed by atoms with Gasteiger partial charge in [0.25, 0.3) is 5.19 Å². The molecule has 120 valence electrons. The van der Waals surface area contributed by atoms with Crippen molar-refractivity contribution in [1.29, 1.82) is 0 Å². The van der Waals surface area contributed by atoms with Crippen LogP contribution in [0.5, 0.6) is 10.9 Å². The first-order valence-electron chi connectivity index (χ1n) is 7.15. The first-order valence-corrected chi connectivity index (χ1v) is 8.73. The summed E-state index contributed by atoms with van der Waals surface area (Å²) in [5, 5.41) is 2.61. The number of hydrogen-bond donors (Lipinski definition) is 1. The number of aromatic nitrogens is 2. The van der Waals surface area contributed by atoms with Crippen LogP contribution in [-0.4, -0.2) is 9.97 Å². The Balaban J connectivity index is 1.83. The molecule has 0 bridgehead atoms. The third kappa shape index (κ3) is 2.91. The predicted octanol–water partition coefficient (Wildman–Crippen LogP) is 5.40. The fourth-order valence-electron chi connectivity index (χ4n) is 2.43. The average Bonchev–Trinajstić information content (AvgIpc) is 2.96. The minimum absolute atomic E-state index is 0.324. The standard InChI is InChI=1S/C17H11Cl2N3OS/c18-9-1-3-13-12(5-9)15(7-11(8-20)21-13)23-17-22-14-6-10(19)2-4-16(14)24-17/h1-7H,8,20H2. The zero-order valence-electron chi connectivity index (χ0n) is 12.3. The van der Waals surface area contributed by atoms with E-state index >= 15 is 0 Å². The van der Waals surface area contributed by atoms with E-state index in [1.807, 2.05) is 36.4 Å². The van der Waals surface area contributed by atoms with E-state index in [9.17, 15) is 0 Å². The van der Waals surface area contributed by atoms with Gasteiger partial charge in [-0.2, -0.15) is 0 Å². The van der Waals surface area contributed by atoms with Crippen molar-refractivity contribution in [3.8, 4) is 10.9 Å². The first kappa shape index (κ1) is 15.6. The molecule has 2 heterocycles. The fourth-order valence-corrected chi connectivity index (χ4v) is 3.57. The van der Waals surface area contributed by atoms with Crippen LogP contribution in [0.1, 0.15) is 5.69 Å². The number of pyridine rings is 1. The van der Waals surface area contributed by atoms with Gasteiger partial charge in [0.15, 0.2) is 0 Å². The van der Waals surface area contributed by atoms with Crippen molar-refractivity contribution < 1.29 is 4.74 Å². The number of nitrogens with two attached hydrogens (primary N) is 1. The lowest BCUT2D eigenvalue weighted by molar-refractivity contribution is 0.484. The number of fused-ring (bicyclic) bond motifs is 2. The summed E-state index contributed by atoms with van der Waals surface area (Å²) in [4.78, 5) is 8.97. The van der Waals surface area contributed by atoms with Crippen LogP contribution in [0.3, 0.4) is 0 Å². The predicted molar refractivity (Wildman–Crippen MR) is 99.3 cm³/mol. The Hall–Kier alpha value is -1.92. The quantitative estimate of drug-likeness (QED) is 0.520. The number of benzene rings is 2. The van der Waals surface area contributed by atoms with E-state index in [4.69, 9.17) is 33.7 Å². The highest BCUT2D eigenvalue weighted by atomic mass is 35.5. The van der Waals surface area contributed by atoms with E-state index in [1.165, 1.54) is 11.3 Å². The van der Waals surface area contributed by atoms with Gasteiger partial charge in [0, 0.05) is 28.0 Å². The maximum Gasteiger partial charge on any atom is 0.279 e. The lowest BCUT2D eigenvalue weighted by atomic mass is 10.2.